The molecular formula is C24H33N3O. The van der Waals surface area contributed by atoms with Crippen molar-refractivity contribution < 1.29 is 4.74 Å². The van der Waals surface area contributed by atoms with Crippen LogP contribution >= 0.6 is 0 Å². The highest BCUT2D eigenvalue weighted by atomic mass is 16.5. The first-order valence-corrected chi connectivity index (χ1v) is 10.7. The Morgan fingerprint density at radius 2 is 1.68 bits per heavy atom. The zero-order valence-corrected chi connectivity index (χ0v) is 17.5. The smallest absolute Gasteiger partial charge is 0.142 e. The molecule has 0 unspecified atom stereocenters. The fraction of sp³-hybridized carbons (Fsp3) is 0.542. The fourth-order valence-corrected chi connectivity index (χ4v) is 5.09. The van der Waals surface area contributed by atoms with Gasteiger partial charge in [-0.1, -0.05) is 18.2 Å². The summed E-state index contributed by atoms with van der Waals surface area (Å²) < 4.78 is 5.55. The maximum atomic E-state index is 5.55. The van der Waals surface area contributed by atoms with E-state index < -0.39 is 0 Å². The molecule has 4 nitrogen and oxygen atoms in total. The highest BCUT2D eigenvalue weighted by Gasteiger charge is 2.30. The van der Waals surface area contributed by atoms with Crippen LogP contribution in [0, 0.1) is 13.8 Å². The molecule has 0 spiro atoms. The van der Waals surface area contributed by atoms with E-state index in [4.69, 9.17) is 9.72 Å². The number of hydrogen-bond donors (Lipinski definition) is 0. The van der Waals surface area contributed by atoms with Gasteiger partial charge < -0.3 is 9.64 Å². The number of rotatable bonds is 4. The molecule has 2 fully saturated rings. The number of aryl methyl sites for hydroxylation is 2. The Morgan fingerprint density at radius 3 is 2.36 bits per heavy atom. The predicted molar refractivity (Wildman–Crippen MR) is 115 cm³/mol. The molecule has 2 aliphatic rings. The molecule has 1 saturated carbocycles. The van der Waals surface area contributed by atoms with Crippen molar-refractivity contribution in [2.45, 2.75) is 51.5 Å². The van der Waals surface area contributed by atoms with Crippen LogP contribution in [0.5, 0.6) is 5.75 Å². The summed E-state index contributed by atoms with van der Waals surface area (Å²) in [5.74, 6) is 1.63. The molecule has 2 heterocycles. The van der Waals surface area contributed by atoms with Gasteiger partial charge in [-0.2, -0.15) is 0 Å². The van der Waals surface area contributed by atoms with Crippen molar-refractivity contribution in [3.05, 3.63) is 53.3 Å². The third-order valence-corrected chi connectivity index (χ3v) is 6.60. The van der Waals surface area contributed by atoms with Crippen LogP contribution in [0.4, 0.5) is 5.69 Å². The van der Waals surface area contributed by atoms with Gasteiger partial charge in [-0.25, -0.2) is 0 Å². The van der Waals surface area contributed by atoms with Gasteiger partial charge in [0.05, 0.1) is 12.8 Å². The van der Waals surface area contributed by atoms with Gasteiger partial charge in [0.2, 0.25) is 0 Å². The Bertz CT molecular complexity index is 790. The van der Waals surface area contributed by atoms with E-state index in [2.05, 4.69) is 47.9 Å². The Morgan fingerprint density at radius 1 is 0.964 bits per heavy atom. The zero-order chi connectivity index (χ0) is 19.5. The van der Waals surface area contributed by atoms with E-state index >= 15 is 0 Å². The van der Waals surface area contributed by atoms with Gasteiger partial charge in [0.1, 0.15) is 5.75 Å². The van der Waals surface area contributed by atoms with Crippen molar-refractivity contribution in [2.75, 3.05) is 38.2 Å². The quantitative estimate of drug-likeness (QED) is 0.779. The Kier molecular flexibility index (Phi) is 5.86. The Hall–Kier alpha value is -2.07. The van der Waals surface area contributed by atoms with Gasteiger partial charge in [-0.3, -0.25) is 9.88 Å². The van der Waals surface area contributed by atoms with E-state index in [1.165, 1.54) is 48.2 Å². The van der Waals surface area contributed by atoms with Gasteiger partial charge in [0.15, 0.2) is 0 Å². The molecule has 28 heavy (non-hydrogen) atoms. The average Bonchev–Trinajstić information content (AvgIpc) is 2.74. The van der Waals surface area contributed by atoms with Crippen LogP contribution in [0.25, 0.3) is 0 Å². The van der Waals surface area contributed by atoms with Crippen LogP contribution < -0.4 is 9.64 Å². The Balaban J connectivity index is 1.32. The molecule has 0 bridgehead atoms. The number of para-hydroxylation sites is 2. The van der Waals surface area contributed by atoms with E-state index in [0.29, 0.717) is 5.92 Å². The molecule has 0 N–H and O–H groups in total. The maximum Gasteiger partial charge on any atom is 0.142 e. The molecule has 0 radical (unpaired) electrons. The SMILES string of the molecule is COc1ccccc1N1CCN(C2CCC(c3ncc(C)cc3C)CC2)CC1. The zero-order valence-electron chi connectivity index (χ0n) is 17.5. The van der Waals surface area contributed by atoms with E-state index in [-0.39, 0.29) is 0 Å². The van der Waals surface area contributed by atoms with Crippen LogP contribution in [0.3, 0.4) is 0 Å². The molecule has 1 aromatic carbocycles. The molecule has 4 heteroatoms. The van der Waals surface area contributed by atoms with E-state index in [1.54, 1.807) is 7.11 Å². The monoisotopic (exact) mass is 379 g/mol. The molecule has 4 rings (SSSR count). The number of methoxy groups -OCH3 is 1. The molecule has 1 aliphatic heterocycles. The summed E-state index contributed by atoms with van der Waals surface area (Å²) >= 11 is 0. The molecular weight excluding hydrogens is 346 g/mol. The summed E-state index contributed by atoms with van der Waals surface area (Å²) in [5, 5.41) is 0. The van der Waals surface area contributed by atoms with Gasteiger partial charge in [-0.15, -0.1) is 0 Å². The van der Waals surface area contributed by atoms with Crippen molar-refractivity contribution in [3.63, 3.8) is 0 Å². The van der Waals surface area contributed by atoms with Crippen LogP contribution in [-0.2, 0) is 0 Å². The number of hydrogen-bond acceptors (Lipinski definition) is 4. The summed E-state index contributed by atoms with van der Waals surface area (Å²) in [6.07, 6.45) is 7.18. The second kappa shape index (κ2) is 8.52. The first-order valence-electron chi connectivity index (χ1n) is 10.7. The minimum absolute atomic E-state index is 0.645. The third kappa shape index (κ3) is 4.02. The summed E-state index contributed by atoms with van der Waals surface area (Å²) in [5.41, 5.74) is 5.20. The van der Waals surface area contributed by atoms with Crippen LogP contribution in [0.2, 0.25) is 0 Å². The van der Waals surface area contributed by atoms with Crippen molar-refractivity contribution in [1.29, 1.82) is 0 Å². The number of nitrogens with zero attached hydrogens (tertiary/aromatic N) is 3. The second-order valence-corrected chi connectivity index (χ2v) is 8.42. The number of piperazine rings is 1. The third-order valence-electron chi connectivity index (χ3n) is 6.60. The van der Waals surface area contributed by atoms with Gasteiger partial charge in [0, 0.05) is 50.0 Å². The maximum absolute atomic E-state index is 5.55. The number of anilines is 1. The van der Waals surface area contributed by atoms with Crippen molar-refractivity contribution >= 4 is 5.69 Å². The standard InChI is InChI=1S/C24H33N3O/c1-18-16-19(2)24(25-17-18)20-8-10-21(11-9-20)26-12-14-27(15-13-26)22-6-4-5-7-23(22)28-3/h4-7,16-17,20-21H,8-15H2,1-3H3. The summed E-state index contributed by atoms with van der Waals surface area (Å²) in [6, 6.07) is 11.4. The van der Waals surface area contributed by atoms with E-state index in [0.717, 1.165) is 38.0 Å². The second-order valence-electron chi connectivity index (χ2n) is 8.42. The minimum Gasteiger partial charge on any atom is -0.495 e. The van der Waals surface area contributed by atoms with Crippen LogP contribution in [0.15, 0.2) is 36.5 Å². The first-order chi connectivity index (χ1) is 13.7. The number of pyridine rings is 1. The lowest BCUT2D eigenvalue weighted by Crippen LogP contribution is -2.51. The minimum atomic E-state index is 0.645. The molecule has 1 saturated heterocycles. The lowest BCUT2D eigenvalue weighted by Gasteiger charge is -2.43. The largest absolute Gasteiger partial charge is 0.495 e. The fourth-order valence-electron chi connectivity index (χ4n) is 5.09. The molecule has 150 valence electrons. The van der Waals surface area contributed by atoms with E-state index in [1.807, 2.05) is 12.3 Å². The van der Waals surface area contributed by atoms with Crippen molar-refractivity contribution in [1.82, 2.24) is 9.88 Å². The van der Waals surface area contributed by atoms with Crippen LogP contribution in [0.1, 0.15) is 48.4 Å². The van der Waals surface area contributed by atoms with Crippen molar-refractivity contribution in [2.24, 2.45) is 0 Å². The molecule has 1 aliphatic carbocycles. The molecule has 1 aromatic heterocycles. The van der Waals surface area contributed by atoms with Gasteiger partial charge in [-0.05, 0) is 62.8 Å². The highest BCUT2D eigenvalue weighted by Crippen LogP contribution is 2.36. The topological polar surface area (TPSA) is 28.6 Å². The molecule has 0 amide bonds. The lowest BCUT2D eigenvalue weighted by atomic mass is 9.82. The highest BCUT2D eigenvalue weighted by molar-refractivity contribution is 5.58. The summed E-state index contributed by atoms with van der Waals surface area (Å²) in [6.45, 7) is 8.81. The first kappa shape index (κ1) is 19.3. The number of aromatic nitrogens is 1. The summed E-state index contributed by atoms with van der Waals surface area (Å²) in [4.78, 5) is 9.96. The van der Waals surface area contributed by atoms with Crippen LogP contribution in [-0.4, -0.2) is 49.2 Å². The molecule has 0 atom stereocenters. The normalized spacial score (nSPS) is 23.6. The number of ether oxygens (including phenoxy) is 1. The average molecular weight is 380 g/mol. The molecule has 2 aromatic rings. The van der Waals surface area contributed by atoms with Gasteiger partial charge >= 0.3 is 0 Å². The van der Waals surface area contributed by atoms with Crippen molar-refractivity contribution in [3.8, 4) is 5.75 Å². The van der Waals surface area contributed by atoms with E-state index in [9.17, 15) is 0 Å². The number of benzene rings is 1. The lowest BCUT2D eigenvalue weighted by molar-refractivity contribution is 0.140. The summed E-state index contributed by atoms with van der Waals surface area (Å²) in [7, 11) is 1.76. The Labute approximate surface area is 169 Å². The van der Waals surface area contributed by atoms with Gasteiger partial charge in [0.25, 0.3) is 0 Å². The predicted octanol–water partition coefficient (Wildman–Crippen LogP) is 4.56.